The van der Waals surface area contributed by atoms with Crippen LogP contribution in [0, 0.1) is 6.92 Å². The summed E-state index contributed by atoms with van der Waals surface area (Å²) < 4.78 is 27.8. The van der Waals surface area contributed by atoms with Crippen LogP contribution in [0.3, 0.4) is 0 Å². The van der Waals surface area contributed by atoms with Gasteiger partial charge >= 0.3 is 0 Å². The van der Waals surface area contributed by atoms with E-state index < -0.39 is 5.92 Å². The topological polar surface area (TPSA) is 38.7 Å². The van der Waals surface area contributed by atoms with Gasteiger partial charge in [-0.3, -0.25) is 9.97 Å². The second kappa shape index (κ2) is 5.81. The van der Waals surface area contributed by atoms with E-state index >= 15 is 0 Å². The molecule has 0 spiro atoms. The van der Waals surface area contributed by atoms with Gasteiger partial charge in [0, 0.05) is 41.0 Å². The summed E-state index contributed by atoms with van der Waals surface area (Å²) in [5.74, 6) is -2.88. The van der Waals surface area contributed by atoms with Crippen molar-refractivity contribution in [2.45, 2.75) is 26.2 Å². The number of aryl methyl sites for hydroxylation is 1. The molecule has 23 heavy (non-hydrogen) atoms. The smallest absolute Gasteiger partial charge is 0.255 e. The number of halogens is 3. The molecule has 3 heterocycles. The molecule has 118 valence electrons. The largest absolute Gasteiger partial charge is 0.274 e. The van der Waals surface area contributed by atoms with Crippen molar-refractivity contribution in [2.75, 3.05) is 0 Å². The van der Waals surface area contributed by atoms with Crippen molar-refractivity contribution in [3.8, 4) is 11.3 Å². The highest BCUT2D eigenvalue weighted by atomic mass is 35.5. The van der Waals surface area contributed by atoms with Gasteiger partial charge in [0.15, 0.2) is 0 Å². The second-order valence-corrected chi connectivity index (χ2v) is 5.61. The summed E-state index contributed by atoms with van der Waals surface area (Å²) in [6.07, 6.45) is 2.95. The monoisotopic (exact) mass is 333 g/mol. The van der Waals surface area contributed by atoms with Crippen LogP contribution in [0.2, 0.25) is 5.15 Å². The minimum absolute atomic E-state index is 0.0528. The fraction of sp³-hybridized carbons (Fsp3) is 0.235. The van der Waals surface area contributed by atoms with E-state index in [9.17, 15) is 8.78 Å². The molecule has 0 aliphatic rings. The maximum Gasteiger partial charge on any atom is 0.274 e. The van der Waals surface area contributed by atoms with Crippen molar-refractivity contribution in [1.82, 2.24) is 15.0 Å². The number of alkyl halides is 2. The first kappa shape index (κ1) is 15.7. The van der Waals surface area contributed by atoms with E-state index in [1.165, 1.54) is 13.0 Å². The van der Waals surface area contributed by atoms with Crippen LogP contribution >= 0.6 is 11.6 Å². The minimum Gasteiger partial charge on any atom is -0.255 e. The second-order valence-electron chi connectivity index (χ2n) is 5.25. The summed E-state index contributed by atoms with van der Waals surface area (Å²) in [5, 5.41) is 1.05. The van der Waals surface area contributed by atoms with Crippen LogP contribution in [0.4, 0.5) is 8.78 Å². The zero-order valence-electron chi connectivity index (χ0n) is 12.6. The van der Waals surface area contributed by atoms with Crippen molar-refractivity contribution in [2.24, 2.45) is 0 Å². The third-order valence-corrected chi connectivity index (χ3v) is 4.09. The molecule has 0 aliphatic carbocycles. The number of aromatic nitrogens is 3. The Bertz CT molecular complexity index is 881. The number of hydrogen-bond acceptors (Lipinski definition) is 3. The van der Waals surface area contributed by atoms with Gasteiger partial charge in [0.25, 0.3) is 5.92 Å². The predicted octanol–water partition coefficient (Wildman–Crippen LogP) is 5.16. The van der Waals surface area contributed by atoms with Crippen molar-refractivity contribution >= 4 is 22.5 Å². The summed E-state index contributed by atoms with van der Waals surface area (Å²) in [6.45, 7) is 3.04. The lowest BCUT2D eigenvalue weighted by Gasteiger charge is -2.17. The van der Waals surface area contributed by atoms with E-state index in [1.807, 2.05) is 6.07 Å². The number of pyridine rings is 3. The molecule has 0 N–H and O–H groups in total. The van der Waals surface area contributed by atoms with E-state index in [0.29, 0.717) is 33.0 Å². The molecule has 0 saturated carbocycles. The molecule has 3 nitrogen and oxygen atoms in total. The van der Waals surface area contributed by atoms with Gasteiger partial charge in [0.05, 0.1) is 11.2 Å². The molecule has 0 bridgehead atoms. The Kier molecular flexibility index (Phi) is 3.98. The summed E-state index contributed by atoms with van der Waals surface area (Å²) in [5.41, 5.74) is 2.11. The highest BCUT2D eigenvalue weighted by molar-refractivity contribution is 6.34. The molecule has 0 unspecified atom stereocenters. The van der Waals surface area contributed by atoms with Crippen LogP contribution < -0.4 is 0 Å². The highest BCUT2D eigenvalue weighted by Crippen LogP contribution is 2.35. The van der Waals surface area contributed by atoms with Gasteiger partial charge in [-0.15, -0.1) is 0 Å². The zero-order chi connectivity index (χ0) is 16.6. The van der Waals surface area contributed by atoms with Crippen molar-refractivity contribution in [1.29, 1.82) is 0 Å². The number of fused-ring (bicyclic) bond motifs is 1. The summed E-state index contributed by atoms with van der Waals surface area (Å²) in [6, 6.07) is 6.58. The van der Waals surface area contributed by atoms with Crippen LogP contribution in [0.15, 0.2) is 36.7 Å². The lowest BCUT2D eigenvalue weighted by molar-refractivity contribution is -0.00925. The molecule has 0 aliphatic heterocycles. The molecule has 0 atom stereocenters. The van der Waals surface area contributed by atoms with Crippen LogP contribution in [0.1, 0.15) is 24.6 Å². The first-order valence-corrected chi connectivity index (χ1v) is 7.57. The van der Waals surface area contributed by atoms with Gasteiger partial charge in [0.2, 0.25) is 0 Å². The zero-order valence-corrected chi connectivity index (χ0v) is 13.4. The average molecular weight is 334 g/mol. The third-order valence-electron chi connectivity index (χ3n) is 3.79. The molecule has 0 saturated heterocycles. The molecule has 0 fully saturated rings. The number of nitrogens with zero attached hydrogens (tertiary/aromatic N) is 3. The van der Waals surface area contributed by atoms with Gasteiger partial charge in [-0.05, 0) is 31.2 Å². The molecule has 3 aromatic heterocycles. The van der Waals surface area contributed by atoms with E-state index in [4.69, 9.17) is 11.6 Å². The molecular formula is C17H14ClF2N3. The normalized spacial score (nSPS) is 11.9. The van der Waals surface area contributed by atoms with Crippen LogP contribution in [0.25, 0.3) is 22.2 Å². The van der Waals surface area contributed by atoms with Crippen molar-refractivity contribution in [3.05, 3.63) is 53.1 Å². The van der Waals surface area contributed by atoms with E-state index in [-0.39, 0.29) is 12.0 Å². The first-order valence-electron chi connectivity index (χ1n) is 7.19. The summed E-state index contributed by atoms with van der Waals surface area (Å²) in [4.78, 5) is 12.8. The summed E-state index contributed by atoms with van der Waals surface area (Å²) >= 11 is 6.08. The number of rotatable bonds is 3. The first-order chi connectivity index (χ1) is 10.9. The lowest BCUT2D eigenvalue weighted by atomic mass is 10.0. The number of hydrogen-bond donors (Lipinski definition) is 0. The molecule has 3 aromatic rings. The van der Waals surface area contributed by atoms with Crippen LogP contribution in [-0.4, -0.2) is 15.0 Å². The Morgan fingerprint density at radius 1 is 1.17 bits per heavy atom. The maximum absolute atomic E-state index is 13.9. The van der Waals surface area contributed by atoms with Gasteiger partial charge in [0.1, 0.15) is 5.15 Å². The SMILES string of the molecule is CCC(F)(F)c1ccc(-c2cnc(Cl)c3cccnc23)nc1C. The van der Waals surface area contributed by atoms with Crippen LogP contribution in [0.5, 0.6) is 0 Å². The highest BCUT2D eigenvalue weighted by Gasteiger charge is 2.31. The van der Waals surface area contributed by atoms with Gasteiger partial charge in [-0.1, -0.05) is 18.5 Å². The van der Waals surface area contributed by atoms with E-state index in [0.717, 1.165) is 0 Å². The fourth-order valence-corrected chi connectivity index (χ4v) is 2.72. The molecule has 0 aromatic carbocycles. The Balaban J connectivity index is 2.18. The van der Waals surface area contributed by atoms with Crippen molar-refractivity contribution < 1.29 is 8.78 Å². The molecule has 3 rings (SSSR count). The average Bonchev–Trinajstić information content (AvgIpc) is 2.55. The van der Waals surface area contributed by atoms with Crippen LogP contribution in [-0.2, 0) is 5.92 Å². The quantitative estimate of drug-likeness (QED) is 0.622. The molecule has 0 amide bonds. The van der Waals surface area contributed by atoms with Gasteiger partial charge < -0.3 is 0 Å². The minimum atomic E-state index is -2.88. The maximum atomic E-state index is 13.9. The Hall–Kier alpha value is -2.14. The van der Waals surface area contributed by atoms with Gasteiger partial charge in [-0.2, -0.15) is 0 Å². The Morgan fingerprint density at radius 2 is 1.96 bits per heavy atom. The van der Waals surface area contributed by atoms with E-state index in [2.05, 4.69) is 15.0 Å². The lowest BCUT2D eigenvalue weighted by Crippen LogP contribution is -2.14. The molecular weight excluding hydrogens is 320 g/mol. The van der Waals surface area contributed by atoms with Gasteiger partial charge in [-0.25, -0.2) is 13.8 Å². The predicted molar refractivity (Wildman–Crippen MR) is 86.7 cm³/mol. The Labute approximate surface area is 137 Å². The Morgan fingerprint density at radius 3 is 2.65 bits per heavy atom. The van der Waals surface area contributed by atoms with Crippen molar-refractivity contribution in [3.63, 3.8) is 0 Å². The van der Waals surface area contributed by atoms with E-state index in [1.54, 1.807) is 31.5 Å². The summed E-state index contributed by atoms with van der Waals surface area (Å²) in [7, 11) is 0. The standard InChI is InChI=1S/C17H14ClF2N3/c1-3-17(19,20)13-6-7-14(23-10(13)2)12-9-22-16(18)11-5-4-8-21-15(11)12/h4-9H,3H2,1-2H3. The third kappa shape index (κ3) is 2.77. The molecule has 0 radical (unpaired) electrons. The molecule has 6 heteroatoms. The fourth-order valence-electron chi connectivity index (χ4n) is 2.51.